The summed E-state index contributed by atoms with van der Waals surface area (Å²) in [6, 6.07) is 6.90. The van der Waals surface area contributed by atoms with Gasteiger partial charge in [0, 0.05) is 11.8 Å². The lowest BCUT2D eigenvalue weighted by atomic mass is 10.1. The van der Waals surface area contributed by atoms with Gasteiger partial charge in [0.1, 0.15) is 22.7 Å². The van der Waals surface area contributed by atoms with E-state index in [4.69, 9.17) is 10.5 Å². The minimum atomic E-state index is -0.507. The van der Waals surface area contributed by atoms with Gasteiger partial charge >= 0.3 is 0 Å². The van der Waals surface area contributed by atoms with Crippen LogP contribution in [0.4, 0.5) is 5.82 Å². The van der Waals surface area contributed by atoms with Crippen molar-refractivity contribution in [2.45, 2.75) is 19.4 Å². The van der Waals surface area contributed by atoms with Gasteiger partial charge in [-0.25, -0.2) is 9.97 Å². The third-order valence-corrected chi connectivity index (χ3v) is 3.25. The van der Waals surface area contributed by atoms with E-state index in [-0.39, 0.29) is 5.91 Å². The standard InChI is InChI=1S/C17H16N4O2/c1-17(2)10-20-15(22)13-8-11(9-19-16(13)23-17)6-7-12-4-3-5-14(18)21-12/h3-5,8-9H,10H2,1-2H3,(H2,18,21)(H,20,22). The Bertz CT molecular complexity index is 834. The Kier molecular flexibility index (Phi) is 3.62. The summed E-state index contributed by atoms with van der Waals surface area (Å²) in [7, 11) is 0. The molecule has 0 bridgehead atoms. The Morgan fingerprint density at radius 2 is 2.17 bits per heavy atom. The number of rotatable bonds is 0. The van der Waals surface area contributed by atoms with Crippen LogP contribution in [0, 0.1) is 11.8 Å². The molecule has 3 heterocycles. The van der Waals surface area contributed by atoms with Gasteiger partial charge in [0.05, 0.1) is 6.54 Å². The minimum absolute atomic E-state index is 0.219. The number of nitrogens with two attached hydrogens (primary N) is 1. The summed E-state index contributed by atoms with van der Waals surface area (Å²) < 4.78 is 5.78. The van der Waals surface area contributed by atoms with Gasteiger partial charge in [-0.2, -0.15) is 0 Å². The minimum Gasteiger partial charge on any atom is -0.469 e. The van der Waals surface area contributed by atoms with Crippen molar-refractivity contribution in [2.75, 3.05) is 12.3 Å². The van der Waals surface area contributed by atoms with Crippen LogP contribution in [-0.2, 0) is 0 Å². The van der Waals surface area contributed by atoms with Crippen molar-refractivity contribution in [3.05, 3.63) is 47.3 Å². The number of carbonyl (C=O) groups is 1. The summed E-state index contributed by atoms with van der Waals surface area (Å²) in [6.45, 7) is 4.20. The van der Waals surface area contributed by atoms with E-state index in [0.717, 1.165) is 0 Å². The molecule has 1 aliphatic heterocycles. The highest BCUT2D eigenvalue weighted by atomic mass is 16.5. The molecular weight excluding hydrogens is 292 g/mol. The second-order valence-corrected chi connectivity index (χ2v) is 5.82. The molecule has 3 rings (SSSR count). The fourth-order valence-electron chi connectivity index (χ4n) is 2.11. The lowest BCUT2D eigenvalue weighted by Crippen LogP contribution is -2.39. The maximum atomic E-state index is 12.2. The van der Waals surface area contributed by atoms with Gasteiger partial charge in [-0.3, -0.25) is 4.79 Å². The number of nitrogen functional groups attached to an aromatic ring is 1. The number of pyridine rings is 2. The van der Waals surface area contributed by atoms with Crippen molar-refractivity contribution >= 4 is 11.7 Å². The molecule has 0 fully saturated rings. The Morgan fingerprint density at radius 1 is 1.35 bits per heavy atom. The zero-order valence-corrected chi connectivity index (χ0v) is 12.9. The molecule has 0 atom stereocenters. The number of nitrogens with zero attached hydrogens (tertiary/aromatic N) is 2. The summed E-state index contributed by atoms with van der Waals surface area (Å²) >= 11 is 0. The van der Waals surface area contributed by atoms with Gasteiger partial charge in [-0.1, -0.05) is 12.0 Å². The Balaban J connectivity index is 1.94. The first kappa shape index (κ1) is 14.9. The zero-order valence-electron chi connectivity index (χ0n) is 12.9. The highest BCUT2D eigenvalue weighted by molar-refractivity contribution is 5.97. The molecule has 3 N–H and O–H groups in total. The van der Waals surface area contributed by atoms with Gasteiger partial charge < -0.3 is 15.8 Å². The van der Waals surface area contributed by atoms with Crippen LogP contribution in [0.25, 0.3) is 0 Å². The van der Waals surface area contributed by atoms with Crippen LogP contribution in [0.1, 0.15) is 35.5 Å². The van der Waals surface area contributed by atoms with Crippen LogP contribution in [0.15, 0.2) is 30.5 Å². The molecule has 2 aromatic heterocycles. The first-order chi connectivity index (χ1) is 10.9. The van der Waals surface area contributed by atoms with Crippen molar-refractivity contribution in [1.29, 1.82) is 0 Å². The normalized spacial score (nSPS) is 15.3. The van der Waals surface area contributed by atoms with Crippen molar-refractivity contribution in [2.24, 2.45) is 0 Å². The maximum Gasteiger partial charge on any atom is 0.256 e. The lowest BCUT2D eigenvalue weighted by Gasteiger charge is -2.23. The van der Waals surface area contributed by atoms with E-state index >= 15 is 0 Å². The van der Waals surface area contributed by atoms with E-state index in [1.807, 2.05) is 13.8 Å². The van der Waals surface area contributed by atoms with Gasteiger partial charge in [0.2, 0.25) is 5.88 Å². The molecule has 116 valence electrons. The summed E-state index contributed by atoms with van der Waals surface area (Å²) in [5.41, 5.74) is 6.65. The molecule has 0 saturated heterocycles. The van der Waals surface area contributed by atoms with Crippen molar-refractivity contribution in [3.63, 3.8) is 0 Å². The van der Waals surface area contributed by atoms with Crippen molar-refractivity contribution in [3.8, 4) is 17.7 Å². The molecule has 6 nitrogen and oxygen atoms in total. The van der Waals surface area contributed by atoms with E-state index in [1.54, 1.807) is 30.5 Å². The number of anilines is 1. The van der Waals surface area contributed by atoms with E-state index in [9.17, 15) is 4.79 Å². The zero-order chi connectivity index (χ0) is 16.4. The predicted octanol–water partition coefficient (Wildman–Crippen LogP) is 1.36. The third kappa shape index (κ3) is 3.40. The molecule has 0 spiro atoms. The second kappa shape index (κ2) is 5.61. The fraction of sp³-hybridized carbons (Fsp3) is 0.235. The van der Waals surface area contributed by atoms with Gasteiger partial charge in [0.15, 0.2) is 0 Å². The molecule has 0 unspecified atom stereocenters. The quantitative estimate of drug-likeness (QED) is 0.717. The SMILES string of the molecule is CC1(C)CNC(=O)c2cc(C#Cc3cccc(N)n3)cnc2O1. The summed E-state index contributed by atoms with van der Waals surface area (Å²) in [5.74, 6) is 6.34. The van der Waals surface area contributed by atoms with Crippen LogP contribution >= 0.6 is 0 Å². The van der Waals surface area contributed by atoms with Gasteiger partial charge in [-0.15, -0.1) is 0 Å². The number of nitrogens with one attached hydrogen (secondary N) is 1. The topological polar surface area (TPSA) is 90.1 Å². The van der Waals surface area contributed by atoms with Crippen LogP contribution < -0.4 is 15.8 Å². The van der Waals surface area contributed by atoms with Crippen LogP contribution in [0.3, 0.4) is 0 Å². The molecule has 1 amide bonds. The monoisotopic (exact) mass is 308 g/mol. The number of amides is 1. The summed E-state index contributed by atoms with van der Waals surface area (Å²) in [4.78, 5) is 20.5. The Morgan fingerprint density at radius 3 is 2.96 bits per heavy atom. The van der Waals surface area contributed by atoms with Gasteiger partial charge in [-0.05, 0) is 38.0 Å². The average Bonchev–Trinajstić information content (AvgIpc) is 2.62. The van der Waals surface area contributed by atoms with E-state index in [2.05, 4.69) is 27.1 Å². The molecular formula is C17H16N4O2. The van der Waals surface area contributed by atoms with Crippen LogP contribution in [0.2, 0.25) is 0 Å². The van der Waals surface area contributed by atoms with Crippen LogP contribution in [-0.4, -0.2) is 28.0 Å². The smallest absolute Gasteiger partial charge is 0.256 e. The Labute approximate surface area is 134 Å². The highest BCUT2D eigenvalue weighted by Crippen LogP contribution is 2.24. The van der Waals surface area contributed by atoms with E-state index in [1.165, 1.54) is 0 Å². The summed E-state index contributed by atoms with van der Waals surface area (Å²) in [6.07, 6.45) is 1.58. The molecule has 6 heteroatoms. The molecule has 23 heavy (non-hydrogen) atoms. The number of aromatic nitrogens is 2. The van der Waals surface area contributed by atoms with Gasteiger partial charge in [0.25, 0.3) is 5.91 Å². The summed E-state index contributed by atoms with van der Waals surface area (Å²) in [5, 5.41) is 2.82. The second-order valence-electron chi connectivity index (χ2n) is 5.82. The average molecular weight is 308 g/mol. The molecule has 0 aromatic carbocycles. The van der Waals surface area contributed by atoms with Crippen LogP contribution in [0.5, 0.6) is 5.88 Å². The number of hydrogen-bond donors (Lipinski definition) is 2. The molecule has 2 aromatic rings. The number of hydrogen-bond acceptors (Lipinski definition) is 5. The number of ether oxygens (including phenoxy) is 1. The highest BCUT2D eigenvalue weighted by Gasteiger charge is 2.29. The number of fused-ring (bicyclic) bond motifs is 1. The number of carbonyl (C=O) groups excluding carboxylic acids is 1. The predicted molar refractivity (Wildman–Crippen MR) is 85.9 cm³/mol. The first-order valence-corrected chi connectivity index (χ1v) is 7.15. The van der Waals surface area contributed by atoms with Crippen molar-refractivity contribution < 1.29 is 9.53 Å². The Hall–Kier alpha value is -3.07. The van der Waals surface area contributed by atoms with E-state index < -0.39 is 5.60 Å². The largest absolute Gasteiger partial charge is 0.469 e. The molecule has 0 aliphatic carbocycles. The third-order valence-electron chi connectivity index (χ3n) is 3.25. The van der Waals surface area contributed by atoms with E-state index in [0.29, 0.717) is 35.1 Å². The molecule has 1 aliphatic rings. The fourth-order valence-corrected chi connectivity index (χ4v) is 2.11. The molecule has 0 saturated carbocycles. The lowest BCUT2D eigenvalue weighted by molar-refractivity contribution is 0.0899. The first-order valence-electron chi connectivity index (χ1n) is 7.15. The maximum absolute atomic E-state index is 12.2. The van der Waals surface area contributed by atoms with Crippen molar-refractivity contribution in [1.82, 2.24) is 15.3 Å². The molecule has 0 radical (unpaired) electrons.